The quantitative estimate of drug-likeness (QED) is 0.885. The topological polar surface area (TPSA) is 29.3 Å². The summed E-state index contributed by atoms with van der Waals surface area (Å²) in [5, 5.41) is 0. The lowest BCUT2D eigenvalue weighted by Gasteiger charge is -2.32. The highest BCUT2D eigenvalue weighted by Crippen LogP contribution is 2.38. The van der Waals surface area contributed by atoms with Crippen molar-refractivity contribution in [1.29, 1.82) is 0 Å². The number of benzene rings is 1. The third-order valence-corrected chi connectivity index (χ3v) is 3.38. The van der Waals surface area contributed by atoms with Crippen molar-refractivity contribution in [3.63, 3.8) is 0 Å². The summed E-state index contributed by atoms with van der Waals surface area (Å²) < 4.78 is 39.5. The highest BCUT2D eigenvalue weighted by molar-refractivity contribution is 5.57. The van der Waals surface area contributed by atoms with Gasteiger partial charge < -0.3 is 10.6 Å². The molecule has 0 spiro atoms. The number of nitrogens with zero attached hydrogens (tertiary/aromatic N) is 1. The molecular weight excluding hydrogens is 253 g/mol. The number of nitrogens with two attached hydrogens (primary N) is 1. The van der Waals surface area contributed by atoms with E-state index in [0.29, 0.717) is 12.1 Å². The van der Waals surface area contributed by atoms with Crippen LogP contribution in [0, 0.1) is 0 Å². The highest BCUT2D eigenvalue weighted by atomic mass is 19.4. The molecule has 0 fully saturated rings. The van der Waals surface area contributed by atoms with Crippen LogP contribution in [0.1, 0.15) is 38.3 Å². The van der Waals surface area contributed by atoms with E-state index in [1.54, 1.807) is 11.0 Å². The Bertz CT molecular complexity index is 416. The summed E-state index contributed by atoms with van der Waals surface area (Å²) in [5.74, 6) is 0. The first-order valence-electron chi connectivity index (χ1n) is 6.51. The van der Waals surface area contributed by atoms with E-state index < -0.39 is 11.7 Å². The van der Waals surface area contributed by atoms with Crippen LogP contribution in [0.25, 0.3) is 0 Å². The van der Waals surface area contributed by atoms with Crippen molar-refractivity contribution in [3.05, 3.63) is 29.3 Å². The van der Waals surface area contributed by atoms with Gasteiger partial charge in [0.25, 0.3) is 0 Å². The zero-order chi connectivity index (χ0) is 14.6. The van der Waals surface area contributed by atoms with Gasteiger partial charge in [-0.15, -0.1) is 0 Å². The Morgan fingerprint density at radius 1 is 1.26 bits per heavy atom. The molecule has 0 radical (unpaired) electrons. The van der Waals surface area contributed by atoms with Gasteiger partial charge in [0.05, 0.1) is 5.56 Å². The molecule has 0 saturated carbocycles. The zero-order valence-corrected chi connectivity index (χ0v) is 11.6. The third-order valence-electron chi connectivity index (χ3n) is 3.38. The largest absolute Gasteiger partial charge is 0.418 e. The molecule has 0 bridgehead atoms. The molecule has 0 aliphatic heterocycles. The lowest BCUT2D eigenvalue weighted by Crippen LogP contribution is -2.34. The summed E-state index contributed by atoms with van der Waals surface area (Å²) in [4.78, 5) is 1.78. The predicted octanol–water partition coefficient (Wildman–Crippen LogP) is 3.79. The average Bonchev–Trinajstić information content (AvgIpc) is 2.38. The van der Waals surface area contributed by atoms with Crippen molar-refractivity contribution >= 4 is 5.69 Å². The van der Waals surface area contributed by atoms with Crippen molar-refractivity contribution in [1.82, 2.24) is 0 Å². The summed E-state index contributed by atoms with van der Waals surface area (Å²) in [6.07, 6.45) is -3.56. The fourth-order valence-electron chi connectivity index (χ4n) is 2.13. The third kappa shape index (κ3) is 3.62. The zero-order valence-electron chi connectivity index (χ0n) is 11.6. The van der Waals surface area contributed by atoms with Crippen molar-refractivity contribution in [2.45, 2.75) is 46.0 Å². The van der Waals surface area contributed by atoms with Gasteiger partial charge in [0.2, 0.25) is 0 Å². The number of alkyl halides is 3. The van der Waals surface area contributed by atoms with Crippen molar-refractivity contribution in [2.24, 2.45) is 5.73 Å². The van der Waals surface area contributed by atoms with Crippen LogP contribution < -0.4 is 10.6 Å². The Hall–Kier alpha value is -1.23. The molecule has 1 unspecified atom stereocenters. The Morgan fingerprint density at radius 2 is 1.89 bits per heavy atom. The molecule has 1 rings (SSSR count). The van der Waals surface area contributed by atoms with E-state index >= 15 is 0 Å². The van der Waals surface area contributed by atoms with Gasteiger partial charge in [-0.1, -0.05) is 13.0 Å². The molecule has 19 heavy (non-hydrogen) atoms. The maximum atomic E-state index is 13.2. The van der Waals surface area contributed by atoms with Gasteiger partial charge in [-0.2, -0.15) is 13.2 Å². The minimum Gasteiger partial charge on any atom is -0.369 e. The molecule has 1 aromatic rings. The fourth-order valence-corrected chi connectivity index (χ4v) is 2.13. The first-order chi connectivity index (χ1) is 8.85. The van der Waals surface area contributed by atoms with Gasteiger partial charge in [0, 0.05) is 24.8 Å². The van der Waals surface area contributed by atoms with E-state index in [2.05, 4.69) is 0 Å². The van der Waals surface area contributed by atoms with Gasteiger partial charge >= 0.3 is 6.18 Å². The standard InChI is InChI=1S/C14H21F3N2/c1-4-10(3)19(5-2)13-7-6-11(9-18)8-12(13)14(15,16)17/h6-8,10H,4-5,9,18H2,1-3H3. The van der Waals surface area contributed by atoms with Gasteiger partial charge in [-0.3, -0.25) is 0 Å². The molecule has 1 aromatic carbocycles. The second-order valence-corrected chi connectivity index (χ2v) is 4.60. The Balaban J connectivity index is 3.33. The van der Waals surface area contributed by atoms with Crippen LogP contribution in [-0.2, 0) is 12.7 Å². The van der Waals surface area contributed by atoms with E-state index in [1.165, 1.54) is 6.07 Å². The smallest absolute Gasteiger partial charge is 0.369 e. The first-order valence-corrected chi connectivity index (χ1v) is 6.51. The molecule has 0 saturated heterocycles. The average molecular weight is 274 g/mol. The monoisotopic (exact) mass is 274 g/mol. The lowest BCUT2D eigenvalue weighted by atomic mass is 10.0. The number of rotatable bonds is 5. The van der Waals surface area contributed by atoms with Gasteiger partial charge in [-0.05, 0) is 38.0 Å². The Labute approximate surface area is 112 Å². The van der Waals surface area contributed by atoms with Crippen molar-refractivity contribution < 1.29 is 13.2 Å². The van der Waals surface area contributed by atoms with E-state index in [9.17, 15) is 13.2 Å². The fraction of sp³-hybridized carbons (Fsp3) is 0.571. The first kappa shape index (κ1) is 15.8. The second-order valence-electron chi connectivity index (χ2n) is 4.60. The minimum atomic E-state index is -4.36. The molecule has 2 N–H and O–H groups in total. The molecule has 108 valence electrons. The molecule has 0 heterocycles. The predicted molar refractivity (Wildman–Crippen MR) is 72.1 cm³/mol. The number of halogens is 3. The summed E-state index contributed by atoms with van der Waals surface area (Å²) in [6, 6.07) is 4.41. The summed E-state index contributed by atoms with van der Waals surface area (Å²) in [7, 11) is 0. The van der Waals surface area contributed by atoms with Crippen LogP contribution in [-0.4, -0.2) is 12.6 Å². The SMILES string of the molecule is CCC(C)N(CC)c1ccc(CN)cc1C(F)(F)F. The van der Waals surface area contributed by atoms with Crippen molar-refractivity contribution in [2.75, 3.05) is 11.4 Å². The normalized spacial score (nSPS) is 13.4. The lowest BCUT2D eigenvalue weighted by molar-refractivity contribution is -0.137. The number of anilines is 1. The minimum absolute atomic E-state index is 0.0647. The highest BCUT2D eigenvalue weighted by Gasteiger charge is 2.35. The molecule has 0 aromatic heterocycles. The van der Waals surface area contributed by atoms with Crippen LogP contribution in [0.2, 0.25) is 0 Å². The van der Waals surface area contributed by atoms with Gasteiger partial charge in [0.1, 0.15) is 0 Å². The molecule has 0 aliphatic rings. The van der Waals surface area contributed by atoms with Crippen LogP contribution in [0.5, 0.6) is 0 Å². The summed E-state index contributed by atoms with van der Waals surface area (Å²) >= 11 is 0. The van der Waals surface area contributed by atoms with Crippen LogP contribution in [0.15, 0.2) is 18.2 Å². The van der Waals surface area contributed by atoms with Gasteiger partial charge in [0.15, 0.2) is 0 Å². The van der Waals surface area contributed by atoms with Crippen LogP contribution >= 0.6 is 0 Å². The van der Waals surface area contributed by atoms with Crippen LogP contribution in [0.4, 0.5) is 18.9 Å². The molecule has 5 heteroatoms. The molecular formula is C14H21F3N2. The van der Waals surface area contributed by atoms with E-state index in [-0.39, 0.29) is 18.3 Å². The second kappa shape index (κ2) is 6.28. The maximum absolute atomic E-state index is 13.2. The van der Waals surface area contributed by atoms with E-state index in [4.69, 9.17) is 5.73 Å². The van der Waals surface area contributed by atoms with Crippen molar-refractivity contribution in [3.8, 4) is 0 Å². The van der Waals surface area contributed by atoms with E-state index in [1.807, 2.05) is 20.8 Å². The number of hydrogen-bond donors (Lipinski definition) is 1. The summed E-state index contributed by atoms with van der Waals surface area (Å²) in [5.41, 5.74) is 5.56. The molecule has 0 aliphatic carbocycles. The molecule has 0 amide bonds. The summed E-state index contributed by atoms with van der Waals surface area (Å²) in [6.45, 7) is 6.41. The number of hydrogen-bond acceptors (Lipinski definition) is 2. The molecule has 2 nitrogen and oxygen atoms in total. The van der Waals surface area contributed by atoms with Crippen LogP contribution in [0.3, 0.4) is 0 Å². The molecule has 1 atom stereocenters. The Kier molecular flexibility index (Phi) is 5.23. The maximum Gasteiger partial charge on any atom is 0.418 e. The van der Waals surface area contributed by atoms with E-state index in [0.717, 1.165) is 12.5 Å². The Morgan fingerprint density at radius 3 is 2.32 bits per heavy atom. The van der Waals surface area contributed by atoms with Gasteiger partial charge in [-0.25, -0.2) is 0 Å².